The van der Waals surface area contributed by atoms with Gasteiger partial charge in [-0.3, -0.25) is 4.79 Å². The molecular formula is C17H26N2O. The van der Waals surface area contributed by atoms with Crippen LogP contribution in [0.15, 0.2) is 24.3 Å². The average Bonchev–Trinajstić information content (AvgIpc) is 2.97. The van der Waals surface area contributed by atoms with Crippen LogP contribution in [0.5, 0.6) is 0 Å². The molecule has 1 unspecified atom stereocenters. The van der Waals surface area contributed by atoms with Crippen molar-refractivity contribution in [1.82, 2.24) is 10.2 Å². The number of amides is 1. The van der Waals surface area contributed by atoms with Gasteiger partial charge in [-0.05, 0) is 36.9 Å². The second-order valence-electron chi connectivity index (χ2n) is 5.89. The maximum absolute atomic E-state index is 12.7. The molecule has 1 heterocycles. The van der Waals surface area contributed by atoms with Crippen LogP contribution in [0.25, 0.3) is 0 Å². The number of hydrogen-bond donors (Lipinski definition) is 1. The fraction of sp³-hybridized carbons (Fsp3) is 0.588. The van der Waals surface area contributed by atoms with Gasteiger partial charge in [-0.25, -0.2) is 0 Å². The van der Waals surface area contributed by atoms with Crippen molar-refractivity contribution in [3.63, 3.8) is 0 Å². The molecular weight excluding hydrogens is 248 g/mol. The van der Waals surface area contributed by atoms with E-state index in [-0.39, 0.29) is 11.3 Å². The third kappa shape index (κ3) is 3.04. The highest BCUT2D eigenvalue weighted by molar-refractivity contribution is 5.83. The SMILES string of the molecule is CCc1ccc(CN(C)C(=O)C2(CC)CCNC2)cc1. The molecule has 3 heteroatoms. The molecule has 110 valence electrons. The molecule has 0 spiro atoms. The number of carbonyl (C=O) groups excluding carboxylic acids is 1. The van der Waals surface area contributed by atoms with Crippen molar-refractivity contribution >= 4 is 5.91 Å². The largest absolute Gasteiger partial charge is 0.341 e. The summed E-state index contributed by atoms with van der Waals surface area (Å²) in [7, 11) is 1.92. The Hall–Kier alpha value is -1.35. The van der Waals surface area contributed by atoms with Crippen LogP contribution in [-0.4, -0.2) is 30.9 Å². The highest BCUT2D eigenvalue weighted by Crippen LogP contribution is 2.31. The number of benzene rings is 1. The number of carbonyl (C=O) groups is 1. The predicted octanol–water partition coefficient (Wildman–Crippen LogP) is 2.60. The quantitative estimate of drug-likeness (QED) is 0.895. The van der Waals surface area contributed by atoms with Gasteiger partial charge in [0.25, 0.3) is 0 Å². The van der Waals surface area contributed by atoms with Crippen LogP contribution in [0, 0.1) is 5.41 Å². The molecule has 1 aliphatic heterocycles. The summed E-state index contributed by atoms with van der Waals surface area (Å²) in [6.45, 7) is 6.75. The third-order valence-corrected chi connectivity index (χ3v) is 4.57. The molecule has 1 fully saturated rings. The number of aryl methyl sites for hydroxylation is 1. The molecule has 0 aromatic heterocycles. The van der Waals surface area contributed by atoms with Crippen LogP contribution < -0.4 is 5.32 Å². The Morgan fingerprint density at radius 1 is 1.25 bits per heavy atom. The zero-order valence-corrected chi connectivity index (χ0v) is 12.9. The molecule has 0 aliphatic carbocycles. The summed E-state index contributed by atoms with van der Waals surface area (Å²) in [6.07, 6.45) is 2.93. The van der Waals surface area contributed by atoms with Crippen molar-refractivity contribution in [2.45, 2.75) is 39.7 Å². The first-order valence-corrected chi connectivity index (χ1v) is 7.65. The zero-order chi connectivity index (χ0) is 14.6. The second-order valence-corrected chi connectivity index (χ2v) is 5.89. The van der Waals surface area contributed by atoms with Crippen molar-refractivity contribution in [2.75, 3.05) is 20.1 Å². The monoisotopic (exact) mass is 274 g/mol. The molecule has 20 heavy (non-hydrogen) atoms. The van der Waals surface area contributed by atoms with Crippen molar-refractivity contribution in [1.29, 1.82) is 0 Å². The second kappa shape index (κ2) is 6.40. The lowest BCUT2D eigenvalue weighted by atomic mass is 9.83. The Bertz CT molecular complexity index is 447. The Labute approximate surface area is 122 Å². The number of nitrogens with zero attached hydrogens (tertiary/aromatic N) is 1. The normalized spacial score (nSPS) is 21.9. The fourth-order valence-electron chi connectivity index (χ4n) is 3.01. The standard InChI is InChI=1S/C17H26N2O/c1-4-14-6-8-15(9-7-14)12-19(3)16(20)17(5-2)10-11-18-13-17/h6-9,18H,4-5,10-13H2,1-3H3. The van der Waals surface area contributed by atoms with Gasteiger partial charge >= 0.3 is 0 Å². The van der Waals surface area contributed by atoms with E-state index < -0.39 is 0 Å². The lowest BCUT2D eigenvalue weighted by molar-refractivity contribution is -0.140. The van der Waals surface area contributed by atoms with Crippen LogP contribution in [0.2, 0.25) is 0 Å². The zero-order valence-electron chi connectivity index (χ0n) is 12.9. The van der Waals surface area contributed by atoms with Gasteiger partial charge in [0, 0.05) is 20.1 Å². The molecule has 0 bridgehead atoms. The highest BCUT2D eigenvalue weighted by Gasteiger charge is 2.41. The Kier molecular flexibility index (Phi) is 4.81. The Morgan fingerprint density at radius 2 is 1.90 bits per heavy atom. The first kappa shape index (κ1) is 15.0. The smallest absolute Gasteiger partial charge is 0.230 e. The first-order valence-electron chi connectivity index (χ1n) is 7.65. The van der Waals surface area contributed by atoms with Gasteiger partial charge in [0.2, 0.25) is 5.91 Å². The van der Waals surface area contributed by atoms with E-state index in [4.69, 9.17) is 0 Å². The maximum atomic E-state index is 12.7. The van der Waals surface area contributed by atoms with Gasteiger partial charge in [-0.15, -0.1) is 0 Å². The van der Waals surface area contributed by atoms with E-state index in [9.17, 15) is 4.79 Å². The molecule has 0 radical (unpaired) electrons. The minimum absolute atomic E-state index is 0.182. The van der Waals surface area contributed by atoms with E-state index in [1.165, 1.54) is 11.1 Å². The molecule has 1 atom stereocenters. The van der Waals surface area contributed by atoms with Crippen molar-refractivity contribution < 1.29 is 4.79 Å². The molecule has 1 aromatic rings. The summed E-state index contributed by atoms with van der Waals surface area (Å²) in [6, 6.07) is 8.57. The molecule has 1 aromatic carbocycles. The van der Waals surface area contributed by atoms with Gasteiger partial charge in [0.05, 0.1) is 5.41 Å². The Morgan fingerprint density at radius 3 is 2.40 bits per heavy atom. The number of rotatable bonds is 5. The number of nitrogens with one attached hydrogen (secondary N) is 1. The van der Waals surface area contributed by atoms with E-state index in [1.54, 1.807) is 0 Å². The van der Waals surface area contributed by atoms with Crippen LogP contribution >= 0.6 is 0 Å². The predicted molar refractivity (Wildman–Crippen MR) is 82.5 cm³/mol. The highest BCUT2D eigenvalue weighted by atomic mass is 16.2. The summed E-state index contributed by atoms with van der Waals surface area (Å²) in [5, 5.41) is 3.33. The first-order chi connectivity index (χ1) is 9.61. The van der Waals surface area contributed by atoms with Crippen molar-refractivity contribution in [3.05, 3.63) is 35.4 Å². The van der Waals surface area contributed by atoms with Gasteiger partial charge in [0.1, 0.15) is 0 Å². The average molecular weight is 274 g/mol. The minimum atomic E-state index is -0.182. The fourth-order valence-corrected chi connectivity index (χ4v) is 3.01. The molecule has 1 aliphatic rings. The van der Waals surface area contributed by atoms with Crippen LogP contribution in [0.4, 0.5) is 0 Å². The van der Waals surface area contributed by atoms with E-state index in [1.807, 2.05) is 11.9 Å². The van der Waals surface area contributed by atoms with Gasteiger partial charge in [-0.2, -0.15) is 0 Å². The third-order valence-electron chi connectivity index (χ3n) is 4.57. The van der Waals surface area contributed by atoms with Crippen LogP contribution in [0.3, 0.4) is 0 Å². The van der Waals surface area contributed by atoms with Crippen LogP contribution in [-0.2, 0) is 17.8 Å². The number of hydrogen-bond acceptors (Lipinski definition) is 2. The molecule has 0 saturated carbocycles. The maximum Gasteiger partial charge on any atom is 0.230 e. The van der Waals surface area contributed by atoms with Gasteiger partial charge in [0.15, 0.2) is 0 Å². The molecule has 1 saturated heterocycles. The molecule has 1 amide bonds. The summed E-state index contributed by atoms with van der Waals surface area (Å²) in [4.78, 5) is 14.6. The lowest BCUT2D eigenvalue weighted by Gasteiger charge is -2.31. The van der Waals surface area contributed by atoms with Crippen molar-refractivity contribution in [2.24, 2.45) is 5.41 Å². The van der Waals surface area contributed by atoms with E-state index >= 15 is 0 Å². The minimum Gasteiger partial charge on any atom is -0.341 e. The summed E-state index contributed by atoms with van der Waals surface area (Å²) in [5.74, 6) is 0.282. The van der Waals surface area contributed by atoms with Crippen LogP contribution in [0.1, 0.15) is 37.8 Å². The van der Waals surface area contributed by atoms with E-state index in [0.717, 1.165) is 32.4 Å². The van der Waals surface area contributed by atoms with E-state index in [0.29, 0.717) is 6.54 Å². The van der Waals surface area contributed by atoms with E-state index in [2.05, 4.69) is 43.4 Å². The van der Waals surface area contributed by atoms with Gasteiger partial charge < -0.3 is 10.2 Å². The molecule has 3 nitrogen and oxygen atoms in total. The topological polar surface area (TPSA) is 32.3 Å². The van der Waals surface area contributed by atoms with Crippen molar-refractivity contribution in [3.8, 4) is 0 Å². The Balaban J connectivity index is 2.03. The summed E-state index contributed by atoms with van der Waals surface area (Å²) >= 11 is 0. The summed E-state index contributed by atoms with van der Waals surface area (Å²) < 4.78 is 0. The molecule has 1 N–H and O–H groups in total. The summed E-state index contributed by atoms with van der Waals surface area (Å²) in [5.41, 5.74) is 2.36. The lowest BCUT2D eigenvalue weighted by Crippen LogP contribution is -2.42. The molecule has 2 rings (SSSR count). The van der Waals surface area contributed by atoms with Gasteiger partial charge in [-0.1, -0.05) is 38.1 Å².